The van der Waals surface area contributed by atoms with Gasteiger partial charge in [0, 0.05) is 30.7 Å². The molecule has 0 spiro atoms. The standard InChI is InChI=1S/C21H36N2/c1-17-8-5-13-21-18(9-7-15-22(17)21)16-20-12-6-11-19-10-3-2-4-14-23(19)20/h7,9,17-21H,2-6,8,10-16H2,1H3. The van der Waals surface area contributed by atoms with Crippen molar-refractivity contribution in [3.05, 3.63) is 12.2 Å². The first-order valence-electron chi connectivity index (χ1n) is 10.5. The molecule has 0 bridgehead atoms. The van der Waals surface area contributed by atoms with Crippen LogP contribution in [0, 0.1) is 5.92 Å². The summed E-state index contributed by atoms with van der Waals surface area (Å²) in [6.45, 7) is 5.05. The van der Waals surface area contributed by atoms with Gasteiger partial charge in [-0.15, -0.1) is 0 Å². The van der Waals surface area contributed by atoms with Crippen LogP contribution < -0.4 is 0 Å². The quantitative estimate of drug-likeness (QED) is 0.687. The molecule has 0 aromatic carbocycles. The summed E-state index contributed by atoms with van der Waals surface area (Å²) in [5.74, 6) is 0.818. The van der Waals surface area contributed by atoms with Gasteiger partial charge in [0.15, 0.2) is 0 Å². The molecule has 2 heteroatoms. The average molecular weight is 317 g/mol. The lowest BCUT2D eigenvalue weighted by Gasteiger charge is -2.48. The molecule has 4 rings (SSSR count). The first-order chi connectivity index (χ1) is 11.3. The average Bonchev–Trinajstić information content (AvgIpc) is 2.82. The lowest BCUT2D eigenvalue weighted by molar-refractivity contribution is 0.0340. The molecule has 0 saturated carbocycles. The molecule has 2 nitrogen and oxygen atoms in total. The van der Waals surface area contributed by atoms with E-state index in [0.29, 0.717) is 0 Å². The maximum Gasteiger partial charge on any atom is 0.0169 e. The highest BCUT2D eigenvalue weighted by Crippen LogP contribution is 2.37. The molecule has 3 fully saturated rings. The smallest absolute Gasteiger partial charge is 0.0169 e. The van der Waals surface area contributed by atoms with E-state index in [2.05, 4.69) is 28.9 Å². The van der Waals surface area contributed by atoms with Crippen LogP contribution in [-0.2, 0) is 0 Å². The van der Waals surface area contributed by atoms with E-state index in [-0.39, 0.29) is 0 Å². The van der Waals surface area contributed by atoms with E-state index in [9.17, 15) is 0 Å². The van der Waals surface area contributed by atoms with Crippen molar-refractivity contribution in [2.24, 2.45) is 5.92 Å². The molecule has 0 amide bonds. The fourth-order valence-electron chi connectivity index (χ4n) is 6.09. The Morgan fingerprint density at radius 2 is 1.74 bits per heavy atom. The largest absolute Gasteiger partial charge is 0.297 e. The van der Waals surface area contributed by atoms with E-state index < -0.39 is 0 Å². The minimum Gasteiger partial charge on any atom is -0.297 e. The van der Waals surface area contributed by atoms with Gasteiger partial charge in [0.1, 0.15) is 0 Å². The molecule has 5 unspecified atom stereocenters. The highest BCUT2D eigenvalue weighted by molar-refractivity contribution is 5.06. The van der Waals surface area contributed by atoms with Crippen molar-refractivity contribution in [1.82, 2.24) is 9.80 Å². The third-order valence-corrected chi connectivity index (χ3v) is 7.32. The van der Waals surface area contributed by atoms with Gasteiger partial charge in [0.25, 0.3) is 0 Å². The summed E-state index contributed by atoms with van der Waals surface area (Å²) in [5, 5.41) is 0. The summed E-state index contributed by atoms with van der Waals surface area (Å²) >= 11 is 0. The predicted molar refractivity (Wildman–Crippen MR) is 97.7 cm³/mol. The molecule has 5 atom stereocenters. The fourth-order valence-corrected chi connectivity index (χ4v) is 6.09. The van der Waals surface area contributed by atoms with E-state index in [4.69, 9.17) is 0 Å². The predicted octanol–water partition coefficient (Wildman–Crippen LogP) is 4.60. The van der Waals surface area contributed by atoms with Gasteiger partial charge in [-0.05, 0) is 64.3 Å². The third kappa shape index (κ3) is 3.39. The van der Waals surface area contributed by atoms with Crippen LogP contribution >= 0.6 is 0 Å². The molecule has 0 aliphatic carbocycles. The molecule has 4 heterocycles. The summed E-state index contributed by atoms with van der Waals surface area (Å²) in [6.07, 6.45) is 21.1. The Kier molecular flexibility index (Phi) is 5.10. The van der Waals surface area contributed by atoms with E-state index in [1.165, 1.54) is 83.7 Å². The lowest BCUT2D eigenvalue weighted by atomic mass is 9.79. The third-order valence-electron chi connectivity index (χ3n) is 7.32. The summed E-state index contributed by atoms with van der Waals surface area (Å²) < 4.78 is 0. The van der Waals surface area contributed by atoms with Crippen LogP contribution in [0.3, 0.4) is 0 Å². The molecule has 0 aromatic rings. The van der Waals surface area contributed by atoms with Gasteiger partial charge in [0.05, 0.1) is 0 Å². The molecular weight excluding hydrogens is 280 g/mol. The highest BCUT2D eigenvalue weighted by Gasteiger charge is 2.38. The normalized spacial score (nSPS) is 42.7. The maximum absolute atomic E-state index is 2.95. The number of hydrogen-bond donors (Lipinski definition) is 0. The number of fused-ring (bicyclic) bond motifs is 2. The van der Waals surface area contributed by atoms with Crippen molar-refractivity contribution in [1.29, 1.82) is 0 Å². The van der Waals surface area contributed by atoms with Gasteiger partial charge in [-0.3, -0.25) is 9.80 Å². The van der Waals surface area contributed by atoms with Gasteiger partial charge < -0.3 is 0 Å². The van der Waals surface area contributed by atoms with Crippen molar-refractivity contribution in [2.45, 2.75) is 102 Å². The first-order valence-corrected chi connectivity index (χ1v) is 10.5. The van der Waals surface area contributed by atoms with Crippen molar-refractivity contribution >= 4 is 0 Å². The van der Waals surface area contributed by atoms with Gasteiger partial charge in [-0.1, -0.05) is 37.8 Å². The second kappa shape index (κ2) is 7.27. The van der Waals surface area contributed by atoms with Crippen LogP contribution in [0.4, 0.5) is 0 Å². The zero-order chi connectivity index (χ0) is 15.6. The molecule has 4 aliphatic heterocycles. The Balaban J connectivity index is 1.45. The highest BCUT2D eigenvalue weighted by atomic mass is 15.2. The van der Waals surface area contributed by atoms with Crippen LogP contribution in [0.2, 0.25) is 0 Å². The van der Waals surface area contributed by atoms with Gasteiger partial charge >= 0.3 is 0 Å². The van der Waals surface area contributed by atoms with Gasteiger partial charge in [-0.25, -0.2) is 0 Å². The van der Waals surface area contributed by atoms with Crippen molar-refractivity contribution < 1.29 is 0 Å². The van der Waals surface area contributed by atoms with Crippen molar-refractivity contribution in [3.63, 3.8) is 0 Å². The summed E-state index contributed by atoms with van der Waals surface area (Å²) in [5.41, 5.74) is 0. The van der Waals surface area contributed by atoms with E-state index in [0.717, 1.165) is 30.1 Å². The topological polar surface area (TPSA) is 6.48 Å². The molecule has 0 radical (unpaired) electrons. The summed E-state index contributed by atoms with van der Waals surface area (Å²) in [4.78, 5) is 5.77. The first kappa shape index (κ1) is 16.1. The molecule has 3 saturated heterocycles. The Bertz CT molecular complexity index is 418. The summed E-state index contributed by atoms with van der Waals surface area (Å²) in [6, 6.07) is 3.44. The Hall–Kier alpha value is -0.340. The second-order valence-electron chi connectivity index (χ2n) is 8.70. The fraction of sp³-hybridized carbons (Fsp3) is 0.905. The zero-order valence-corrected chi connectivity index (χ0v) is 15.1. The van der Waals surface area contributed by atoms with E-state index >= 15 is 0 Å². The maximum atomic E-state index is 2.95. The molecular formula is C21H36N2. The zero-order valence-electron chi connectivity index (χ0n) is 15.1. The van der Waals surface area contributed by atoms with Gasteiger partial charge in [-0.2, -0.15) is 0 Å². The number of piperidine rings is 2. The van der Waals surface area contributed by atoms with E-state index in [1.54, 1.807) is 0 Å². The van der Waals surface area contributed by atoms with Crippen LogP contribution in [0.1, 0.15) is 77.6 Å². The van der Waals surface area contributed by atoms with Crippen molar-refractivity contribution in [3.8, 4) is 0 Å². The van der Waals surface area contributed by atoms with E-state index in [1.807, 2.05) is 0 Å². The minimum atomic E-state index is 0.804. The van der Waals surface area contributed by atoms with Gasteiger partial charge in [0.2, 0.25) is 0 Å². The van der Waals surface area contributed by atoms with Crippen LogP contribution in [0.5, 0.6) is 0 Å². The molecule has 130 valence electrons. The number of nitrogens with zero attached hydrogens (tertiary/aromatic N) is 2. The SMILES string of the molecule is CC1CCCC2C(CC3CCCC4CCCCCN43)C=CCN12. The monoisotopic (exact) mass is 316 g/mol. The summed E-state index contributed by atoms with van der Waals surface area (Å²) in [7, 11) is 0. The molecule has 23 heavy (non-hydrogen) atoms. The Labute approximate surface area is 143 Å². The lowest BCUT2D eigenvalue weighted by Crippen LogP contribution is -2.53. The van der Waals surface area contributed by atoms with Crippen molar-refractivity contribution in [2.75, 3.05) is 13.1 Å². The molecule has 0 aromatic heterocycles. The molecule has 4 aliphatic rings. The minimum absolute atomic E-state index is 0.804. The van der Waals surface area contributed by atoms with Crippen LogP contribution in [-0.4, -0.2) is 47.1 Å². The number of rotatable bonds is 2. The van der Waals surface area contributed by atoms with Crippen LogP contribution in [0.25, 0.3) is 0 Å². The Morgan fingerprint density at radius 1 is 0.870 bits per heavy atom. The van der Waals surface area contributed by atoms with Crippen LogP contribution in [0.15, 0.2) is 12.2 Å². The Morgan fingerprint density at radius 3 is 2.70 bits per heavy atom. The second-order valence-corrected chi connectivity index (χ2v) is 8.70. The number of hydrogen-bond acceptors (Lipinski definition) is 2. The molecule has 0 N–H and O–H groups in total.